The third-order valence-electron chi connectivity index (χ3n) is 3.21. The monoisotopic (exact) mass is 300 g/mol. The summed E-state index contributed by atoms with van der Waals surface area (Å²) < 4.78 is 19.1. The van der Waals surface area contributed by atoms with Crippen LogP contribution < -0.4 is 5.73 Å². The molecule has 0 saturated heterocycles. The van der Waals surface area contributed by atoms with Crippen LogP contribution in [0.2, 0.25) is 0 Å². The minimum atomic E-state index is -0.519. The molecule has 2 aromatic heterocycles. The standard InChI is InChI=1S/C15H13FN4O2/c1-2-22-15(21)10-6-18-14-12(10)13(19-7-20-14)9-5-8(17)3-4-11(9)16/h3-7H,2,17H2,1H3,(H,18,19,20). The first-order valence-electron chi connectivity index (χ1n) is 6.66. The molecule has 0 spiro atoms. The van der Waals surface area contributed by atoms with Gasteiger partial charge in [0.05, 0.1) is 23.3 Å². The van der Waals surface area contributed by atoms with E-state index in [1.165, 1.54) is 30.7 Å². The van der Waals surface area contributed by atoms with Crippen molar-refractivity contribution in [1.82, 2.24) is 15.0 Å². The second kappa shape index (κ2) is 5.44. The Balaban J connectivity index is 2.28. The van der Waals surface area contributed by atoms with Crippen LogP contribution >= 0.6 is 0 Å². The summed E-state index contributed by atoms with van der Waals surface area (Å²) in [5.41, 5.74) is 7.30. The number of aromatic nitrogens is 3. The zero-order valence-electron chi connectivity index (χ0n) is 11.8. The number of hydrogen-bond donors (Lipinski definition) is 2. The molecule has 3 rings (SSSR count). The Morgan fingerprint density at radius 2 is 2.23 bits per heavy atom. The first-order valence-corrected chi connectivity index (χ1v) is 6.66. The van der Waals surface area contributed by atoms with Crippen molar-refractivity contribution in [3.8, 4) is 11.3 Å². The molecule has 7 heteroatoms. The smallest absolute Gasteiger partial charge is 0.340 e. The van der Waals surface area contributed by atoms with Crippen molar-refractivity contribution in [2.45, 2.75) is 6.92 Å². The molecule has 3 aromatic rings. The van der Waals surface area contributed by atoms with E-state index in [2.05, 4.69) is 15.0 Å². The molecule has 0 aliphatic rings. The lowest BCUT2D eigenvalue weighted by molar-refractivity contribution is 0.0528. The Morgan fingerprint density at radius 1 is 1.41 bits per heavy atom. The van der Waals surface area contributed by atoms with Crippen LogP contribution in [0.1, 0.15) is 17.3 Å². The molecular formula is C15H13FN4O2. The SMILES string of the molecule is CCOC(=O)c1c[nH]c2ncnc(-c3cc(N)ccc3F)c12. The molecule has 0 fully saturated rings. The number of nitrogen functional groups attached to an aromatic ring is 1. The molecule has 2 heterocycles. The van der Waals surface area contributed by atoms with E-state index < -0.39 is 11.8 Å². The van der Waals surface area contributed by atoms with Crippen molar-refractivity contribution < 1.29 is 13.9 Å². The maximum Gasteiger partial charge on any atom is 0.340 e. The zero-order valence-corrected chi connectivity index (χ0v) is 11.8. The lowest BCUT2D eigenvalue weighted by Gasteiger charge is -2.07. The number of hydrogen-bond acceptors (Lipinski definition) is 5. The molecular weight excluding hydrogens is 287 g/mol. The van der Waals surface area contributed by atoms with Crippen molar-refractivity contribution in [3.05, 3.63) is 42.1 Å². The summed E-state index contributed by atoms with van der Waals surface area (Å²) in [6.07, 6.45) is 2.77. The number of aromatic amines is 1. The fraction of sp³-hybridized carbons (Fsp3) is 0.133. The van der Waals surface area contributed by atoms with E-state index in [9.17, 15) is 9.18 Å². The molecule has 112 valence electrons. The van der Waals surface area contributed by atoms with Gasteiger partial charge in [0, 0.05) is 17.4 Å². The lowest BCUT2D eigenvalue weighted by atomic mass is 10.1. The van der Waals surface area contributed by atoms with Crippen molar-refractivity contribution in [2.75, 3.05) is 12.3 Å². The molecule has 0 aliphatic carbocycles. The highest BCUT2D eigenvalue weighted by Crippen LogP contribution is 2.31. The second-order valence-electron chi connectivity index (χ2n) is 4.61. The highest BCUT2D eigenvalue weighted by atomic mass is 19.1. The van der Waals surface area contributed by atoms with Crippen LogP contribution in [-0.2, 0) is 4.74 Å². The number of anilines is 1. The van der Waals surface area contributed by atoms with Gasteiger partial charge in [0.2, 0.25) is 0 Å². The van der Waals surface area contributed by atoms with Gasteiger partial charge in [-0.15, -0.1) is 0 Å². The maximum absolute atomic E-state index is 14.1. The van der Waals surface area contributed by atoms with Gasteiger partial charge < -0.3 is 15.5 Å². The summed E-state index contributed by atoms with van der Waals surface area (Å²) >= 11 is 0. The molecule has 0 radical (unpaired) electrons. The molecule has 6 nitrogen and oxygen atoms in total. The van der Waals surface area contributed by atoms with Gasteiger partial charge in [-0.2, -0.15) is 0 Å². The van der Waals surface area contributed by atoms with Crippen molar-refractivity contribution in [2.24, 2.45) is 0 Å². The topological polar surface area (TPSA) is 93.9 Å². The minimum absolute atomic E-state index is 0.206. The number of benzene rings is 1. The van der Waals surface area contributed by atoms with E-state index in [-0.39, 0.29) is 17.7 Å². The van der Waals surface area contributed by atoms with Gasteiger partial charge in [0.25, 0.3) is 0 Å². The third kappa shape index (κ3) is 2.26. The Labute approximate surface area is 125 Å². The van der Waals surface area contributed by atoms with E-state index in [1.807, 2.05) is 0 Å². The molecule has 3 N–H and O–H groups in total. The molecule has 0 bridgehead atoms. The van der Waals surface area contributed by atoms with Crippen LogP contribution in [0.3, 0.4) is 0 Å². The van der Waals surface area contributed by atoms with Crippen LogP contribution in [0, 0.1) is 5.82 Å². The largest absolute Gasteiger partial charge is 0.462 e. The van der Waals surface area contributed by atoms with Gasteiger partial charge in [-0.25, -0.2) is 19.2 Å². The van der Waals surface area contributed by atoms with Crippen molar-refractivity contribution >= 4 is 22.7 Å². The van der Waals surface area contributed by atoms with E-state index in [0.29, 0.717) is 22.4 Å². The number of carbonyl (C=O) groups is 1. The van der Waals surface area contributed by atoms with Crippen LogP contribution in [0.5, 0.6) is 0 Å². The predicted octanol–water partition coefficient (Wildman–Crippen LogP) is 2.52. The van der Waals surface area contributed by atoms with E-state index in [0.717, 1.165) is 0 Å². The van der Waals surface area contributed by atoms with Gasteiger partial charge >= 0.3 is 5.97 Å². The van der Waals surface area contributed by atoms with E-state index in [4.69, 9.17) is 10.5 Å². The summed E-state index contributed by atoms with van der Waals surface area (Å²) in [6, 6.07) is 4.19. The quantitative estimate of drug-likeness (QED) is 0.572. The Hall–Kier alpha value is -2.96. The number of ether oxygens (including phenoxy) is 1. The highest BCUT2D eigenvalue weighted by molar-refractivity contribution is 6.08. The number of nitrogens with one attached hydrogen (secondary N) is 1. The predicted molar refractivity (Wildman–Crippen MR) is 79.7 cm³/mol. The van der Waals surface area contributed by atoms with Gasteiger partial charge in [0.1, 0.15) is 17.8 Å². The number of rotatable bonds is 3. The summed E-state index contributed by atoms with van der Waals surface area (Å²) in [7, 11) is 0. The van der Waals surface area contributed by atoms with Crippen molar-refractivity contribution in [3.63, 3.8) is 0 Å². The summed E-state index contributed by atoms with van der Waals surface area (Å²) in [6.45, 7) is 1.95. The maximum atomic E-state index is 14.1. The average molecular weight is 300 g/mol. The normalized spacial score (nSPS) is 10.8. The molecule has 0 saturated carbocycles. The average Bonchev–Trinajstić information content (AvgIpc) is 2.94. The fourth-order valence-corrected chi connectivity index (χ4v) is 2.26. The molecule has 0 unspecified atom stereocenters. The van der Waals surface area contributed by atoms with Crippen molar-refractivity contribution in [1.29, 1.82) is 0 Å². The molecule has 22 heavy (non-hydrogen) atoms. The number of nitrogens with zero attached hydrogens (tertiary/aromatic N) is 2. The molecule has 1 aromatic carbocycles. The summed E-state index contributed by atoms with van der Waals surface area (Å²) in [5, 5.41) is 0.408. The van der Waals surface area contributed by atoms with E-state index >= 15 is 0 Å². The Kier molecular flexibility index (Phi) is 3.46. The lowest BCUT2D eigenvalue weighted by Crippen LogP contribution is -2.04. The number of carbonyl (C=O) groups excluding carboxylic acids is 1. The van der Waals surface area contributed by atoms with E-state index in [1.54, 1.807) is 6.92 Å². The number of H-pyrrole nitrogens is 1. The summed E-state index contributed by atoms with van der Waals surface area (Å²) in [5.74, 6) is -1.00. The van der Waals surface area contributed by atoms with Gasteiger partial charge in [-0.3, -0.25) is 0 Å². The van der Waals surface area contributed by atoms with Crippen LogP contribution in [0.15, 0.2) is 30.7 Å². The molecule has 0 aliphatic heterocycles. The van der Waals surface area contributed by atoms with Crippen LogP contribution in [0.4, 0.5) is 10.1 Å². The van der Waals surface area contributed by atoms with Crippen LogP contribution in [-0.4, -0.2) is 27.5 Å². The third-order valence-corrected chi connectivity index (χ3v) is 3.21. The van der Waals surface area contributed by atoms with Crippen LogP contribution in [0.25, 0.3) is 22.3 Å². The number of esters is 1. The summed E-state index contributed by atoms with van der Waals surface area (Å²) in [4.78, 5) is 23.1. The first-order chi connectivity index (χ1) is 10.6. The first kappa shape index (κ1) is 14.0. The van der Waals surface area contributed by atoms with Gasteiger partial charge in [0.15, 0.2) is 0 Å². The Morgan fingerprint density at radius 3 is 3.00 bits per heavy atom. The highest BCUT2D eigenvalue weighted by Gasteiger charge is 2.20. The minimum Gasteiger partial charge on any atom is -0.462 e. The van der Waals surface area contributed by atoms with Gasteiger partial charge in [-0.1, -0.05) is 0 Å². The number of halogens is 1. The Bertz CT molecular complexity index is 860. The fourth-order valence-electron chi connectivity index (χ4n) is 2.26. The van der Waals surface area contributed by atoms with Gasteiger partial charge in [-0.05, 0) is 25.1 Å². The zero-order chi connectivity index (χ0) is 15.7. The number of fused-ring (bicyclic) bond motifs is 1. The molecule has 0 atom stereocenters. The number of nitrogens with two attached hydrogens (primary N) is 1. The molecule has 0 amide bonds. The second-order valence-corrected chi connectivity index (χ2v) is 4.61.